The van der Waals surface area contributed by atoms with E-state index in [9.17, 15) is 22.0 Å². The van der Waals surface area contributed by atoms with E-state index in [0.717, 1.165) is 22.5 Å². The minimum atomic E-state index is -3.25. The molecular weight excluding hydrogens is 314 g/mol. The van der Waals surface area contributed by atoms with Crippen LogP contribution in [-0.4, -0.2) is 46.5 Å². The molecular formula is C10H14F2N2O4S2. The van der Waals surface area contributed by atoms with Crippen molar-refractivity contribution in [2.24, 2.45) is 0 Å². The van der Waals surface area contributed by atoms with Gasteiger partial charge in [-0.25, -0.2) is 17.2 Å². The Morgan fingerprint density at radius 3 is 2.70 bits per heavy atom. The van der Waals surface area contributed by atoms with Crippen molar-refractivity contribution in [3.63, 3.8) is 0 Å². The molecule has 1 N–H and O–H groups in total. The van der Waals surface area contributed by atoms with Gasteiger partial charge in [0.2, 0.25) is 0 Å². The molecule has 0 fully saturated rings. The third kappa shape index (κ3) is 5.08. The minimum absolute atomic E-state index is 0.0480. The van der Waals surface area contributed by atoms with Crippen LogP contribution in [-0.2, 0) is 21.2 Å². The Morgan fingerprint density at radius 2 is 2.20 bits per heavy atom. The average molecular weight is 328 g/mol. The average Bonchev–Trinajstić information content (AvgIpc) is 2.77. The summed E-state index contributed by atoms with van der Waals surface area (Å²) >= 11 is 0.824. The molecule has 0 saturated heterocycles. The van der Waals surface area contributed by atoms with Crippen LogP contribution < -0.4 is 0 Å². The second-order valence-corrected chi connectivity index (χ2v) is 7.32. The number of halogens is 2. The number of hydrogen-bond donors (Lipinski definition) is 1. The van der Waals surface area contributed by atoms with Crippen molar-refractivity contribution in [2.75, 3.05) is 17.3 Å². The molecule has 0 radical (unpaired) electrons. The third-order valence-corrected chi connectivity index (χ3v) is 5.08. The van der Waals surface area contributed by atoms with E-state index in [1.54, 1.807) is 0 Å². The molecule has 1 aromatic rings. The summed E-state index contributed by atoms with van der Waals surface area (Å²) < 4.78 is 49.1. The summed E-state index contributed by atoms with van der Waals surface area (Å²) in [6.07, 6.45) is -2.79. The van der Waals surface area contributed by atoms with Crippen molar-refractivity contribution >= 4 is 27.6 Å². The molecule has 0 aromatic carbocycles. The van der Waals surface area contributed by atoms with Crippen molar-refractivity contribution < 1.29 is 27.1 Å². The van der Waals surface area contributed by atoms with Gasteiger partial charge in [-0.05, 0) is 6.07 Å². The number of aromatic nitrogens is 2. The smallest absolute Gasteiger partial charge is 0.313 e. The van der Waals surface area contributed by atoms with Crippen molar-refractivity contribution in [1.29, 1.82) is 0 Å². The first-order valence-corrected chi connectivity index (χ1v) is 8.46. The van der Waals surface area contributed by atoms with Crippen LogP contribution in [0, 0.1) is 0 Å². The highest BCUT2D eigenvalue weighted by Gasteiger charge is 2.18. The number of thioether (sulfide) groups is 1. The second kappa shape index (κ2) is 7.02. The van der Waals surface area contributed by atoms with Crippen LogP contribution in [0.3, 0.4) is 0 Å². The number of nitrogens with zero attached hydrogens (tertiary/aromatic N) is 2. The molecule has 0 unspecified atom stereocenters. The van der Waals surface area contributed by atoms with Gasteiger partial charge in [0.1, 0.15) is 5.69 Å². The van der Waals surface area contributed by atoms with E-state index in [1.807, 2.05) is 0 Å². The monoisotopic (exact) mass is 328 g/mol. The Hall–Kier alpha value is -1.16. The Bertz CT molecular complexity index is 572. The highest BCUT2D eigenvalue weighted by Crippen LogP contribution is 2.25. The lowest BCUT2D eigenvalue weighted by molar-refractivity contribution is -0.133. The molecule has 0 bridgehead atoms. The molecule has 0 amide bonds. The maximum Gasteiger partial charge on any atom is 0.313 e. The second-order valence-electron chi connectivity index (χ2n) is 3.85. The standard InChI is InChI=1S/C10H14F2N2O4S2/c1-2-20(17,18)4-3-14-8(19-6-9(15)16)5-7(13-14)10(11)12/h5,10H,2-4,6H2,1H3,(H,15,16). The highest BCUT2D eigenvalue weighted by atomic mass is 32.2. The Morgan fingerprint density at radius 1 is 1.55 bits per heavy atom. The molecule has 1 aromatic heterocycles. The van der Waals surface area contributed by atoms with Gasteiger partial charge in [0, 0.05) is 5.75 Å². The van der Waals surface area contributed by atoms with E-state index in [1.165, 1.54) is 6.92 Å². The molecule has 0 atom stereocenters. The summed E-state index contributed by atoms with van der Waals surface area (Å²) in [5, 5.41) is 12.4. The number of carboxylic acid groups (broad SMARTS) is 1. The van der Waals surface area contributed by atoms with Gasteiger partial charge >= 0.3 is 5.97 Å². The van der Waals surface area contributed by atoms with Crippen molar-refractivity contribution in [1.82, 2.24) is 9.78 Å². The van der Waals surface area contributed by atoms with Gasteiger partial charge in [-0.1, -0.05) is 18.7 Å². The normalized spacial score (nSPS) is 12.0. The van der Waals surface area contributed by atoms with E-state index >= 15 is 0 Å². The number of sulfone groups is 1. The molecule has 0 aliphatic carbocycles. The van der Waals surface area contributed by atoms with E-state index in [-0.39, 0.29) is 28.8 Å². The van der Waals surface area contributed by atoms with Gasteiger partial charge in [-0.15, -0.1) is 0 Å². The van der Waals surface area contributed by atoms with Gasteiger partial charge in [0.05, 0.1) is 23.1 Å². The predicted molar refractivity (Wildman–Crippen MR) is 69.9 cm³/mol. The number of aliphatic carboxylic acids is 1. The van der Waals surface area contributed by atoms with E-state index in [0.29, 0.717) is 0 Å². The molecule has 114 valence electrons. The molecule has 0 saturated carbocycles. The molecule has 0 aliphatic heterocycles. The SMILES string of the molecule is CCS(=O)(=O)CCn1nc(C(F)F)cc1SCC(=O)O. The van der Waals surface area contributed by atoms with Crippen LogP contribution in [0.5, 0.6) is 0 Å². The Balaban J connectivity index is 2.88. The van der Waals surface area contributed by atoms with E-state index in [2.05, 4.69) is 5.10 Å². The Labute approximate surface area is 119 Å². The number of alkyl halides is 2. The summed E-state index contributed by atoms with van der Waals surface area (Å²) in [4.78, 5) is 10.5. The molecule has 20 heavy (non-hydrogen) atoms. The largest absolute Gasteiger partial charge is 0.481 e. The first kappa shape index (κ1) is 16.9. The van der Waals surface area contributed by atoms with Gasteiger partial charge < -0.3 is 5.11 Å². The first-order valence-electron chi connectivity index (χ1n) is 5.66. The summed E-state index contributed by atoms with van der Waals surface area (Å²) in [5.74, 6) is -1.68. The number of rotatable bonds is 8. The lowest BCUT2D eigenvalue weighted by Gasteiger charge is -2.06. The quantitative estimate of drug-likeness (QED) is 0.726. The lowest BCUT2D eigenvalue weighted by Crippen LogP contribution is -2.16. The highest BCUT2D eigenvalue weighted by molar-refractivity contribution is 7.99. The van der Waals surface area contributed by atoms with Crippen LogP contribution >= 0.6 is 11.8 Å². The number of aryl methyl sites for hydroxylation is 1. The maximum atomic E-state index is 12.6. The van der Waals surface area contributed by atoms with Gasteiger partial charge in [0.15, 0.2) is 9.84 Å². The number of hydrogen-bond acceptors (Lipinski definition) is 5. The van der Waals surface area contributed by atoms with Crippen LogP contribution in [0.2, 0.25) is 0 Å². The summed E-state index contributed by atoms with van der Waals surface area (Å²) in [6, 6.07) is 1.08. The minimum Gasteiger partial charge on any atom is -0.481 e. The van der Waals surface area contributed by atoms with Crippen LogP contribution in [0.15, 0.2) is 11.1 Å². The van der Waals surface area contributed by atoms with Crippen LogP contribution in [0.4, 0.5) is 8.78 Å². The van der Waals surface area contributed by atoms with Crippen molar-refractivity contribution in [3.05, 3.63) is 11.8 Å². The van der Waals surface area contributed by atoms with Crippen molar-refractivity contribution in [2.45, 2.75) is 24.9 Å². The molecule has 10 heteroatoms. The molecule has 1 rings (SSSR count). The van der Waals surface area contributed by atoms with Crippen molar-refractivity contribution in [3.8, 4) is 0 Å². The molecule has 0 spiro atoms. The summed E-state index contributed by atoms with van der Waals surface area (Å²) in [6.45, 7) is 1.41. The number of carboxylic acids is 1. The fourth-order valence-electron chi connectivity index (χ4n) is 1.31. The van der Waals surface area contributed by atoms with E-state index in [4.69, 9.17) is 5.11 Å². The lowest BCUT2D eigenvalue weighted by atomic mass is 10.5. The zero-order valence-corrected chi connectivity index (χ0v) is 12.3. The fraction of sp³-hybridized carbons (Fsp3) is 0.600. The zero-order chi connectivity index (χ0) is 15.3. The molecule has 6 nitrogen and oxygen atoms in total. The molecule has 1 heterocycles. The van der Waals surface area contributed by atoms with Gasteiger partial charge in [-0.3, -0.25) is 9.48 Å². The maximum absolute atomic E-state index is 12.6. The van der Waals surface area contributed by atoms with Gasteiger partial charge in [0.25, 0.3) is 6.43 Å². The summed E-state index contributed by atoms with van der Waals surface area (Å²) in [5.41, 5.74) is -0.494. The topological polar surface area (TPSA) is 89.3 Å². The Kier molecular flexibility index (Phi) is 5.93. The third-order valence-electron chi connectivity index (χ3n) is 2.38. The zero-order valence-electron chi connectivity index (χ0n) is 10.6. The van der Waals surface area contributed by atoms with Gasteiger partial charge in [-0.2, -0.15) is 5.10 Å². The molecule has 0 aliphatic rings. The summed E-state index contributed by atoms with van der Waals surface area (Å²) in [7, 11) is -3.25. The van der Waals surface area contributed by atoms with Crippen LogP contribution in [0.25, 0.3) is 0 Å². The fourth-order valence-corrected chi connectivity index (χ4v) is 2.80. The van der Waals surface area contributed by atoms with E-state index < -0.39 is 27.9 Å². The number of carbonyl (C=O) groups is 1. The first-order chi connectivity index (χ1) is 9.25. The van der Waals surface area contributed by atoms with Crippen LogP contribution in [0.1, 0.15) is 19.0 Å². The predicted octanol–water partition coefficient (Wildman–Crippen LogP) is 1.43.